The van der Waals surface area contributed by atoms with Gasteiger partial charge in [-0.2, -0.15) is 0 Å². The summed E-state index contributed by atoms with van der Waals surface area (Å²) in [6, 6.07) is 4.09. The highest BCUT2D eigenvalue weighted by Gasteiger charge is 2.22. The van der Waals surface area contributed by atoms with Crippen molar-refractivity contribution in [2.24, 2.45) is 0 Å². The molecule has 0 aliphatic carbocycles. The summed E-state index contributed by atoms with van der Waals surface area (Å²) in [5, 5.41) is 16.4. The maximum atomic E-state index is 11.9. The van der Waals surface area contributed by atoms with E-state index >= 15 is 0 Å². The first-order valence-corrected chi connectivity index (χ1v) is 6.35. The Hall–Kier alpha value is -1.47. The van der Waals surface area contributed by atoms with Crippen LogP contribution in [-0.4, -0.2) is 23.4 Å². The molecular weight excluding hydrogens is 302 g/mol. The van der Waals surface area contributed by atoms with Gasteiger partial charge in [0.2, 0.25) is 5.91 Å². The summed E-state index contributed by atoms with van der Waals surface area (Å²) in [5.41, 5.74) is 0.526. The number of halogens is 1. The van der Waals surface area contributed by atoms with Crippen molar-refractivity contribution < 1.29 is 9.72 Å². The van der Waals surface area contributed by atoms with Gasteiger partial charge in [0.1, 0.15) is 0 Å². The summed E-state index contributed by atoms with van der Waals surface area (Å²) in [5.74, 6) is -0.109. The van der Waals surface area contributed by atoms with Crippen molar-refractivity contribution in [2.45, 2.75) is 18.9 Å². The number of nitrogens with one attached hydrogen (secondary N) is 2. The number of rotatable bonds is 3. The number of nitro benzene ring substituents is 1. The van der Waals surface area contributed by atoms with Crippen LogP contribution in [0.5, 0.6) is 0 Å². The Kier molecular flexibility index (Phi) is 3.93. The molecule has 1 amide bonds. The molecule has 1 aromatic carbocycles. The van der Waals surface area contributed by atoms with Gasteiger partial charge in [0, 0.05) is 16.6 Å². The van der Waals surface area contributed by atoms with Crippen LogP contribution in [0.3, 0.4) is 0 Å². The molecule has 1 aliphatic heterocycles. The summed E-state index contributed by atoms with van der Waals surface area (Å²) in [4.78, 5) is 22.0. The minimum atomic E-state index is -0.477. The van der Waals surface area contributed by atoms with Crippen LogP contribution < -0.4 is 10.6 Å². The highest BCUT2D eigenvalue weighted by atomic mass is 79.9. The molecule has 0 spiro atoms. The second-order valence-corrected chi connectivity index (χ2v) is 4.91. The third-order valence-electron chi connectivity index (χ3n) is 2.80. The van der Waals surface area contributed by atoms with Crippen molar-refractivity contribution in [3.8, 4) is 0 Å². The standard InChI is InChI=1S/C11H12BrN3O3/c12-8-6-7(15(17)18)3-4-9(8)14-11(16)10-2-1-5-13-10/h3-4,6,10,13H,1-2,5H2,(H,14,16)/t10-/m1/s1. The Labute approximate surface area is 112 Å². The molecule has 1 aromatic rings. The van der Waals surface area contributed by atoms with E-state index in [2.05, 4.69) is 26.6 Å². The van der Waals surface area contributed by atoms with Crippen LogP contribution in [0, 0.1) is 10.1 Å². The number of nitro groups is 1. The summed E-state index contributed by atoms with van der Waals surface area (Å²) >= 11 is 3.21. The van der Waals surface area contributed by atoms with Crippen molar-refractivity contribution in [3.63, 3.8) is 0 Å². The lowest BCUT2D eigenvalue weighted by Crippen LogP contribution is -2.35. The van der Waals surface area contributed by atoms with Crippen LogP contribution >= 0.6 is 15.9 Å². The second kappa shape index (κ2) is 5.45. The predicted molar refractivity (Wildman–Crippen MR) is 70.5 cm³/mol. The van der Waals surface area contributed by atoms with Crippen LogP contribution in [-0.2, 0) is 4.79 Å². The largest absolute Gasteiger partial charge is 0.324 e. The predicted octanol–water partition coefficient (Wildman–Crippen LogP) is 2.05. The van der Waals surface area contributed by atoms with Crippen molar-refractivity contribution in [1.29, 1.82) is 0 Å². The van der Waals surface area contributed by atoms with E-state index in [0.717, 1.165) is 19.4 Å². The van der Waals surface area contributed by atoms with Crippen LogP contribution in [0.2, 0.25) is 0 Å². The van der Waals surface area contributed by atoms with Crippen molar-refractivity contribution in [1.82, 2.24) is 5.32 Å². The highest BCUT2D eigenvalue weighted by Crippen LogP contribution is 2.27. The van der Waals surface area contributed by atoms with Gasteiger partial charge in [0.15, 0.2) is 0 Å². The third-order valence-corrected chi connectivity index (χ3v) is 3.45. The molecule has 2 N–H and O–H groups in total. The SMILES string of the molecule is O=C(Nc1ccc([N+](=O)[O-])cc1Br)[C@H]1CCCN1. The third kappa shape index (κ3) is 2.85. The number of carbonyl (C=O) groups is 1. The minimum Gasteiger partial charge on any atom is -0.324 e. The summed E-state index contributed by atoms with van der Waals surface area (Å²) < 4.78 is 0.503. The zero-order valence-corrected chi connectivity index (χ0v) is 11.1. The molecule has 7 heteroatoms. The summed E-state index contributed by atoms with van der Waals surface area (Å²) in [7, 11) is 0. The highest BCUT2D eigenvalue weighted by molar-refractivity contribution is 9.10. The Bertz CT molecular complexity index is 486. The fourth-order valence-corrected chi connectivity index (χ4v) is 2.31. The van der Waals surface area contributed by atoms with Crippen molar-refractivity contribution >= 4 is 33.2 Å². The van der Waals surface area contributed by atoms with E-state index in [4.69, 9.17) is 0 Å². The molecule has 1 heterocycles. The minimum absolute atomic E-state index is 0.0149. The topological polar surface area (TPSA) is 84.3 Å². The fraction of sp³-hybridized carbons (Fsp3) is 0.364. The van der Waals surface area contributed by atoms with Gasteiger partial charge >= 0.3 is 0 Å². The molecule has 1 atom stereocenters. The number of hydrogen-bond acceptors (Lipinski definition) is 4. The lowest BCUT2D eigenvalue weighted by atomic mass is 10.2. The molecule has 0 bridgehead atoms. The molecule has 6 nitrogen and oxygen atoms in total. The number of non-ortho nitro benzene ring substituents is 1. The smallest absolute Gasteiger partial charge is 0.270 e. The van der Waals surface area contributed by atoms with Gasteiger partial charge in [0.05, 0.1) is 16.7 Å². The molecular formula is C11H12BrN3O3. The lowest BCUT2D eigenvalue weighted by Gasteiger charge is -2.12. The Balaban J connectivity index is 2.09. The van der Waals surface area contributed by atoms with Crippen LogP contribution in [0.25, 0.3) is 0 Å². The number of benzene rings is 1. The second-order valence-electron chi connectivity index (χ2n) is 4.06. The lowest BCUT2D eigenvalue weighted by molar-refractivity contribution is -0.384. The zero-order chi connectivity index (χ0) is 13.1. The van der Waals surface area contributed by atoms with E-state index in [0.29, 0.717) is 10.2 Å². The molecule has 1 saturated heterocycles. The zero-order valence-electron chi connectivity index (χ0n) is 9.48. The number of anilines is 1. The van der Waals surface area contributed by atoms with E-state index in [1.165, 1.54) is 18.2 Å². The number of hydrogen-bond donors (Lipinski definition) is 2. The monoisotopic (exact) mass is 313 g/mol. The van der Waals surface area contributed by atoms with Gasteiger partial charge in [-0.05, 0) is 41.4 Å². The maximum absolute atomic E-state index is 11.9. The van der Waals surface area contributed by atoms with Gasteiger partial charge in [0.25, 0.3) is 5.69 Å². The number of amides is 1. The van der Waals surface area contributed by atoms with E-state index in [-0.39, 0.29) is 17.6 Å². The van der Waals surface area contributed by atoms with Gasteiger partial charge in [-0.25, -0.2) is 0 Å². The van der Waals surface area contributed by atoms with Crippen LogP contribution in [0.15, 0.2) is 22.7 Å². The van der Waals surface area contributed by atoms with Crippen LogP contribution in [0.1, 0.15) is 12.8 Å². The van der Waals surface area contributed by atoms with Gasteiger partial charge in [-0.1, -0.05) is 0 Å². The average molecular weight is 314 g/mol. The molecule has 0 unspecified atom stereocenters. The maximum Gasteiger partial charge on any atom is 0.270 e. The first-order valence-electron chi connectivity index (χ1n) is 5.56. The van der Waals surface area contributed by atoms with Crippen molar-refractivity contribution in [2.75, 3.05) is 11.9 Å². The summed E-state index contributed by atoms with van der Waals surface area (Å²) in [6.45, 7) is 0.847. The molecule has 2 rings (SSSR count). The fourth-order valence-electron chi connectivity index (χ4n) is 1.85. The Morgan fingerprint density at radius 2 is 2.33 bits per heavy atom. The van der Waals surface area contributed by atoms with E-state index in [1.807, 2.05) is 0 Å². The number of carbonyl (C=O) groups excluding carboxylic acids is 1. The molecule has 0 radical (unpaired) electrons. The van der Waals surface area contributed by atoms with E-state index in [9.17, 15) is 14.9 Å². The molecule has 1 aliphatic rings. The van der Waals surface area contributed by atoms with Crippen LogP contribution in [0.4, 0.5) is 11.4 Å². The van der Waals surface area contributed by atoms with E-state index < -0.39 is 4.92 Å². The van der Waals surface area contributed by atoms with Gasteiger partial charge in [-0.3, -0.25) is 14.9 Å². The number of nitrogens with zero attached hydrogens (tertiary/aromatic N) is 1. The molecule has 18 heavy (non-hydrogen) atoms. The summed E-state index contributed by atoms with van der Waals surface area (Å²) in [6.07, 6.45) is 1.80. The van der Waals surface area contributed by atoms with Gasteiger partial charge in [-0.15, -0.1) is 0 Å². The first kappa shape index (κ1) is 13.0. The molecule has 1 fully saturated rings. The average Bonchev–Trinajstić information content (AvgIpc) is 2.85. The molecule has 96 valence electrons. The van der Waals surface area contributed by atoms with E-state index in [1.54, 1.807) is 0 Å². The Morgan fingerprint density at radius 3 is 2.89 bits per heavy atom. The molecule has 0 aromatic heterocycles. The quantitative estimate of drug-likeness (QED) is 0.660. The normalized spacial score (nSPS) is 18.6. The Morgan fingerprint density at radius 1 is 1.56 bits per heavy atom. The van der Waals surface area contributed by atoms with Gasteiger partial charge < -0.3 is 10.6 Å². The molecule has 0 saturated carbocycles. The van der Waals surface area contributed by atoms with Crippen molar-refractivity contribution in [3.05, 3.63) is 32.8 Å². The first-order chi connectivity index (χ1) is 8.58.